The van der Waals surface area contributed by atoms with Crippen molar-refractivity contribution in [1.82, 2.24) is 15.5 Å². The smallest absolute Gasteiger partial charge is 0.444 e. The highest BCUT2D eigenvalue weighted by Crippen LogP contribution is 2.53. The van der Waals surface area contributed by atoms with Crippen molar-refractivity contribution < 1.29 is 28.4 Å². The zero-order valence-electron chi connectivity index (χ0n) is 26.2. The fraction of sp³-hybridized carbons (Fsp3) is 0.897. The summed E-state index contributed by atoms with van der Waals surface area (Å²) in [7, 11) is -0.325. The molecule has 2 saturated heterocycles. The Morgan fingerprint density at radius 1 is 1.03 bits per heavy atom. The molecule has 0 aromatic carbocycles. The molecule has 0 aromatic heterocycles. The summed E-state index contributed by atoms with van der Waals surface area (Å²) in [5.74, 6) is -0.623. The van der Waals surface area contributed by atoms with Crippen LogP contribution >= 0.6 is 0 Å². The second kappa shape index (κ2) is 10.5. The highest BCUT2D eigenvalue weighted by molar-refractivity contribution is 6.45. The third kappa shape index (κ3) is 6.92. The van der Waals surface area contributed by atoms with E-state index in [9.17, 15) is 14.4 Å². The summed E-state index contributed by atoms with van der Waals surface area (Å²) in [6.45, 7) is 21.6. The van der Waals surface area contributed by atoms with Crippen LogP contribution in [0.1, 0.15) is 115 Å². The number of rotatable bonds is 6. The van der Waals surface area contributed by atoms with E-state index in [2.05, 4.69) is 10.6 Å². The molecule has 3 atom stereocenters. The lowest BCUT2D eigenvalue weighted by molar-refractivity contribution is -0.136. The molecule has 1 spiro atoms. The molecule has 1 saturated carbocycles. The van der Waals surface area contributed by atoms with E-state index in [0.717, 1.165) is 19.3 Å². The average molecular weight is 550 g/mol. The van der Waals surface area contributed by atoms with Crippen LogP contribution in [0.2, 0.25) is 6.32 Å². The third-order valence-corrected chi connectivity index (χ3v) is 8.73. The van der Waals surface area contributed by atoms with Crippen molar-refractivity contribution in [2.24, 2.45) is 5.92 Å². The van der Waals surface area contributed by atoms with Gasteiger partial charge in [-0.3, -0.25) is 9.59 Å². The molecule has 3 unspecified atom stereocenters. The molecule has 39 heavy (non-hydrogen) atoms. The maximum atomic E-state index is 14.1. The summed E-state index contributed by atoms with van der Waals surface area (Å²) in [6, 6.07) is 0. The fourth-order valence-electron chi connectivity index (χ4n) is 6.50. The number of carbonyl (C=O) groups is 3. The zero-order chi connectivity index (χ0) is 29.7. The first-order valence-corrected chi connectivity index (χ1v) is 14.6. The maximum absolute atomic E-state index is 14.1. The van der Waals surface area contributed by atoms with E-state index in [1.807, 2.05) is 74.1 Å². The summed E-state index contributed by atoms with van der Waals surface area (Å²) in [4.78, 5) is 41.9. The molecule has 3 amide bonds. The van der Waals surface area contributed by atoms with Crippen LogP contribution in [0.15, 0.2) is 0 Å². The lowest BCUT2D eigenvalue weighted by Gasteiger charge is -2.39. The van der Waals surface area contributed by atoms with Gasteiger partial charge in [-0.15, -0.1) is 0 Å². The van der Waals surface area contributed by atoms with Crippen LogP contribution in [0.5, 0.6) is 0 Å². The molecule has 10 heteroatoms. The first-order chi connectivity index (χ1) is 17.6. The summed E-state index contributed by atoms with van der Waals surface area (Å²) in [5, 5.41) is 6.24. The lowest BCUT2D eigenvalue weighted by atomic mass is 9.77. The molecule has 0 radical (unpaired) electrons. The molecule has 3 rings (SSSR count). The van der Waals surface area contributed by atoms with Crippen LogP contribution in [0.4, 0.5) is 4.79 Å². The van der Waals surface area contributed by atoms with Gasteiger partial charge in [-0.05, 0) is 107 Å². The largest absolute Gasteiger partial charge is 0.457 e. The minimum absolute atomic E-state index is 0.172. The Bertz CT molecular complexity index is 940. The molecular weight excluding hydrogens is 497 g/mol. The van der Waals surface area contributed by atoms with E-state index in [-0.39, 0.29) is 30.9 Å². The normalized spacial score (nSPS) is 30.1. The molecule has 0 bridgehead atoms. The first-order valence-electron chi connectivity index (χ1n) is 14.6. The molecule has 2 heterocycles. The molecular formula is C29H52BN3O6. The van der Waals surface area contributed by atoms with E-state index >= 15 is 0 Å². The van der Waals surface area contributed by atoms with Crippen molar-refractivity contribution in [3.05, 3.63) is 0 Å². The number of carbonyl (C=O) groups excluding carboxylic acids is 3. The van der Waals surface area contributed by atoms with Crippen LogP contribution < -0.4 is 10.6 Å². The van der Waals surface area contributed by atoms with Gasteiger partial charge >= 0.3 is 13.2 Å². The van der Waals surface area contributed by atoms with E-state index in [1.165, 1.54) is 6.92 Å². The Labute approximate surface area is 236 Å². The predicted octanol–water partition coefficient (Wildman–Crippen LogP) is 4.83. The number of ether oxygens (including phenoxy) is 1. The van der Waals surface area contributed by atoms with Crippen molar-refractivity contribution in [3.63, 3.8) is 0 Å². The van der Waals surface area contributed by atoms with E-state index in [4.69, 9.17) is 14.0 Å². The Morgan fingerprint density at radius 3 is 2.13 bits per heavy atom. The Kier molecular flexibility index (Phi) is 8.58. The SMILES string of the molecule is CC(=O)NC1(C(=O)NC(C)(C)C)CC2(CCCN2C(=O)OC(C)(C)C)CC1CCCB1OC(C)(C)C(C)(C)O1. The van der Waals surface area contributed by atoms with Gasteiger partial charge in [-0.2, -0.15) is 0 Å². The monoisotopic (exact) mass is 549 g/mol. The number of likely N-dealkylation sites (tertiary alicyclic amines) is 1. The highest BCUT2D eigenvalue weighted by atomic mass is 16.7. The molecule has 2 N–H and O–H groups in total. The van der Waals surface area contributed by atoms with Gasteiger partial charge in [0.2, 0.25) is 11.8 Å². The quantitative estimate of drug-likeness (QED) is 0.460. The summed E-state index contributed by atoms with van der Waals surface area (Å²) < 4.78 is 18.2. The second-order valence-corrected chi connectivity index (χ2v) is 15.0. The summed E-state index contributed by atoms with van der Waals surface area (Å²) in [5.41, 5.74) is -3.61. The molecule has 9 nitrogen and oxygen atoms in total. The highest BCUT2D eigenvalue weighted by Gasteiger charge is 2.63. The minimum atomic E-state index is -1.14. The molecule has 1 aliphatic carbocycles. The van der Waals surface area contributed by atoms with Crippen molar-refractivity contribution in [2.75, 3.05) is 6.54 Å². The standard InChI is InChI=1S/C29H52BN3O6/c1-20(34)31-29(22(35)32-24(2,3)4)19-28(15-13-17-33(28)23(36)37-25(5,6)7)18-21(29)14-12-16-30-38-26(8,9)27(10,11)39-30/h21H,12-19H2,1-11H3,(H,31,34)(H,32,35). The molecule has 3 fully saturated rings. The summed E-state index contributed by atoms with van der Waals surface area (Å²) >= 11 is 0. The third-order valence-electron chi connectivity index (χ3n) is 8.73. The van der Waals surface area contributed by atoms with E-state index in [0.29, 0.717) is 32.1 Å². The van der Waals surface area contributed by atoms with Crippen molar-refractivity contribution >= 4 is 25.0 Å². The number of nitrogens with one attached hydrogen (secondary N) is 2. The molecule has 2 aliphatic heterocycles. The fourth-order valence-corrected chi connectivity index (χ4v) is 6.50. The molecule has 0 aromatic rings. The number of nitrogens with zero attached hydrogens (tertiary/aromatic N) is 1. The van der Waals surface area contributed by atoms with Crippen molar-refractivity contribution in [3.8, 4) is 0 Å². The van der Waals surface area contributed by atoms with Gasteiger partial charge in [-0.25, -0.2) is 4.79 Å². The Morgan fingerprint density at radius 2 is 1.62 bits per heavy atom. The van der Waals surface area contributed by atoms with Crippen molar-refractivity contribution in [2.45, 2.75) is 154 Å². The zero-order valence-corrected chi connectivity index (χ0v) is 26.2. The number of hydrogen-bond acceptors (Lipinski definition) is 6. The van der Waals surface area contributed by atoms with Gasteiger partial charge in [0.15, 0.2) is 0 Å². The average Bonchev–Trinajstić information content (AvgIpc) is 3.31. The van der Waals surface area contributed by atoms with E-state index < -0.39 is 33.4 Å². The van der Waals surface area contributed by atoms with Crippen LogP contribution in [-0.4, -0.2) is 69.9 Å². The predicted molar refractivity (Wildman–Crippen MR) is 152 cm³/mol. The summed E-state index contributed by atoms with van der Waals surface area (Å²) in [6.07, 6.45) is 4.35. The van der Waals surface area contributed by atoms with Gasteiger partial charge in [-0.1, -0.05) is 6.42 Å². The molecule has 3 aliphatic rings. The molecule has 222 valence electrons. The topological polar surface area (TPSA) is 106 Å². The Hall–Kier alpha value is -1.81. The Balaban J connectivity index is 1.90. The van der Waals surface area contributed by atoms with Gasteiger partial charge in [0, 0.05) is 31.0 Å². The van der Waals surface area contributed by atoms with Gasteiger partial charge in [0.05, 0.1) is 11.2 Å². The number of amides is 3. The van der Waals surface area contributed by atoms with Gasteiger partial charge in [0.25, 0.3) is 0 Å². The maximum Gasteiger partial charge on any atom is 0.457 e. The van der Waals surface area contributed by atoms with Crippen LogP contribution in [0, 0.1) is 5.92 Å². The second-order valence-electron chi connectivity index (χ2n) is 15.0. The van der Waals surface area contributed by atoms with Crippen LogP contribution in [0.25, 0.3) is 0 Å². The number of hydrogen-bond donors (Lipinski definition) is 2. The van der Waals surface area contributed by atoms with Gasteiger partial charge < -0.3 is 29.6 Å². The lowest BCUT2D eigenvalue weighted by Crippen LogP contribution is -2.64. The van der Waals surface area contributed by atoms with Gasteiger partial charge in [0.1, 0.15) is 11.1 Å². The van der Waals surface area contributed by atoms with E-state index in [1.54, 1.807) is 0 Å². The first kappa shape index (κ1) is 31.7. The van der Waals surface area contributed by atoms with Crippen LogP contribution in [0.3, 0.4) is 0 Å². The van der Waals surface area contributed by atoms with Crippen LogP contribution in [-0.2, 0) is 23.6 Å². The van der Waals surface area contributed by atoms with Crippen molar-refractivity contribution in [1.29, 1.82) is 0 Å². The minimum Gasteiger partial charge on any atom is -0.444 e.